The lowest BCUT2D eigenvalue weighted by atomic mass is 9.97. The lowest BCUT2D eigenvalue weighted by molar-refractivity contribution is -0.146. The minimum atomic E-state index is -1.90. The monoisotopic (exact) mass is 286 g/mol. The summed E-state index contributed by atoms with van der Waals surface area (Å²) in [5.41, 5.74) is 0.510. The van der Waals surface area contributed by atoms with Crippen molar-refractivity contribution in [3.05, 3.63) is 29.8 Å². The summed E-state index contributed by atoms with van der Waals surface area (Å²) in [6.45, 7) is -0.808. The number of Topliss-reactive ketones (excluding diaryl/α,β-unsaturated/α-hetero) is 1. The van der Waals surface area contributed by atoms with Crippen LogP contribution in [-0.4, -0.2) is 67.4 Å². The van der Waals surface area contributed by atoms with Gasteiger partial charge in [-0.25, -0.2) is 0 Å². The van der Waals surface area contributed by atoms with Crippen molar-refractivity contribution in [2.45, 2.75) is 30.8 Å². The number of ketones is 1. The fraction of sp³-hybridized carbons (Fsp3) is 0.462. The molecular weight excluding hydrogens is 268 g/mol. The summed E-state index contributed by atoms with van der Waals surface area (Å²) in [5.74, 6) is -0.726. The molecule has 0 aliphatic rings. The first-order valence-electron chi connectivity index (χ1n) is 6.00. The second-order valence-electron chi connectivity index (χ2n) is 4.49. The third kappa shape index (κ3) is 4.26. The quantitative estimate of drug-likeness (QED) is 0.339. The van der Waals surface area contributed by atoms with Gasteiger partial charge in [-0.05, 0) is 17.7 Å². The molecular formula is C13H18O7. The maximum Gasteiger partial charge on any atom is 0.168 e. The van der Waals surface area contributed by atoms with E-state index in [9.17, 15) is 20.1 Å². The average Bonchev–Trinajstić information content (AvgIpc) is 2.46. The fourth-order valence-electron chi connectivity index (χ4n) is 1.63. The summed E-state index contributed by atoms with van der Waals surface area (Å²) in [7, 11) is 0. The molecule has 0 bridgehead atoms. The zero-order valence-corrected chi connectivity index (χ0v) is 10.6. The Balaban J connectivity index is 2.64. The number of aliphatic hydroxyl groups is 5. The van der Waals surface area contributed by atoms with E-state index in [2.05, 4.69) is 0 Å². The minimum Gasteiger partial charge on any atom is -0.508 e. The van der Waals surface area contributed by atoms with Crippen LogP contribution in [0.1, 0.15) is 5.56 Å². The van der Waals surface area contributed by atoms with Crippen LogP contribution in [0.25, 0.3) is 0 Å². The molecule has 7 nitrogen and oxygen atoms in total. The molecule has 0 amide bonds. The van der Waals surface area contributed by atoms with Gasteiger partial charge in [0.1, 0.15) is 30.2 Å². The van der Waals surface area contributed by atoms with Gasteiger partial charge in [0.2, 0.25) is 0 Å². The molecule has 0 aliphatic heterocycles. The summed E-state index contributed by atoms with van der Waals surface area (Å²) in [6.07, 6.45) is -7.48. The SMILES string of the molecule is O=C(Cc1ccc(O)cc1)C(O)C(O)C(O)C(O)CO. The van der Waals surface area contributed by atoms with Crippen molar-refractivity contribution in [3.63, 3.8) is 0 Å². The summed E-state index contributed by atoms with van der Waals surface area (Å²) in [6, 6.07) is 5.70. The van der Waals surface area contributed by atoms with Gasteiger partial charge in [-0.15, -0.1) is 0 Å². The highest BCUT2D eigenvalue weighted by Gasteiger charge is 2.33. The second-order valence-corrected chi connectivity index (χ2v) is 4.49. The number of carbonyl (C=O) groups is 1. The van der Waals surface area contributed by atoms with Gasteiger partial charge < -0.3 is 30.6 Å². The van der Waals surface area contributed by atoms with Crippen molar-refractivity contribution in [1.82, 2.24) is 0 Å². The van der Waals surface area contributed by atoms with E-state index in [1.807, 2.05) is 0 Å². The molecule has 0 aliphatic carbocycles. The molecule has 1 rings (SSSR count). The van der Waals surface area contributed by atoms with E-state index in [1.54, 1.807) is 0 Å². The molecule has 4 unspecified atom stereocenters. The number of phenolic OH excluding ortho intramolecular Hbond substituents is 1. The maximum absolute atomic E-state index is 11.7. The summed E-state index contributed by atoms with van der Waals surface area (Å²) < 4.78 is 0. The predicted octanol–water partition coefficient (Wildman–Crippen LogP) is -2.06. The van der Waals surface area contributed by atoms with Gasteiger partial charge in [-0.3, -0.25) is 4.79 Å². The Morgan fingerprint density at radius 1 is 1.00 bits per heavy atom. The van der Waals surface area contributed by atoms with Gasteiger partial charge in [-0.1, -0.05) is 12.1 Å². The smallest absolute Gasteiger partial charge is 0.168 e. The molecule has 1 aromatic rings. The van der Waals surface area contributed by atoms with Gasteiger partial charge in [0, 0.05) is 6.42 Å². The Morgan fingerprint density at radius 3 is 2.05 bits per heavy atom. The van der Waals surface area contributed by atoms with Crippen molar-refractivity contribution in [2.24, 2.45) is 0 Å². The van der Waals surface area contributed by atoms with Crippen molar-refractivity contribution in [3.8, 4) is 5.75 Å². The second kappa shape index (κ2) is 7.32. The standard InChI is InChI=1S/C13H18O7/c14-6-10(17)12(19)13(20)11(18)9(16)5-7-1-3-8(15)4-2-7/h1-4,10-15,17-20H,5-6H2. The molecule has 6 N–H and O–H groups in total. The van der Waals surface area contributed by atoms with E-state index in [1.165, 1.54) is 24.3 Å². The van der Waals surface area contributed by atoms with Crippen LogP contribution < -0.4 is 0 Å². The molecule has 0 heterocycles. The Bertz CT molecular complexity index is 431. The Kier molecular flexibility index (Phi) is 6.05. The first kappa shape index (κ1) is 16.5. The molecule has 112 valence electrons. The third-order valence-electron chi connectivity index (χ3n) is 2.90. The van der Waals surface area contributed by atoms with E-state index >= 15 is 0 Å². The number of carbonyl (C=O) groups excluding carboxylic acids is 1. The van der Waals surface area contributed by atoms with E-state index in [-0.39, 0.29) is 12.2 Å². The Hall–Kier alpha value is -1.51. The highest BCUT2D eigenvalue weighted by molar-refractivity contribution is 5.85. The van der Waals surface area contributed by atoms with Gasteiger partial charge in [-0.2, -0.15) is 0 Å². The van der Waals surface area contributed by atoms with Crippen molar-refractivity contribution in [2.75, 3.05) is 6.61 Å². The van der Waals surface area contributed by atoms with Gasteiger partial charge in [0.05, 0.1) is 6.61 Å². The molecule has 20 heavy (non-hydrogen) atoms. The van der Waals surface area contributed by atoms with Gasteiger partial charge in [0.25, 0.3) is 0 Å². The van der Waals surface area contributed by atoms with E-state index in [0.29, 0.717) is 5.56 Å². The van der Waals surface area contributed by atoms with Gasteiger partial charge in [0.15, 0.2) is 5.78 Å². The highest BCUT2D eigenvalue weighted by Crippen LogP contribution is 2.13. The number of hydrogen-bond donors (Lipinski definition) is 6. The predicted molar refractivity (Wildman–Crippen MR) is 67.9 cm³/mol. The van der Waals surface area contributed by atoms with Crippen LogP contribution in [-0.2, 0) is 11.2 Å². The molecule has 4 atom stereocenters. The molecule has 0 fully saturated rings. The first-order valence-corrected chi connectivity index (χ1v) is 6.00. The minimum absolute atomic E-state index is 0.0308. The number of rotatable bonds is 7. The van der Waals surface area contributed by atoms with Crippen LogP contribution >= 0.6 is 0 Å². The molecule has 0 radical (unpaired) electrons. The lowest BCUT2D eigenvalue weighted by Crippen LogP contribution is -2.49. The number of phenols is 1. The highest BCUT2D eigenvalue weighted by atomic mass is 16.4. The number of hydrogen-bond acceptors (Lipinski definition) is 7. The van der Waals surface area contributed by atoms with Crippen molar-refractivity contribution >= 4 is 5.78 Å². The molecule has 0 saturated heterocycles. The van der Waals surface area contributed by atoms with Crippen LogP contribution in [0.4, 0.5) is 0 Å². The zero-order valence-electron chi connectivity index (χ0n) is 10.6. The van der Waals surface area contributed by atoms with Gasteiger partial charge >= 0.3 is 0 Å². The largest absolute Gasteiger partial charge is 0.508 e. The third-order valence-corrected chi connectivity index (χ3v) is 2.90. The summed E-state index contributed by atoms with van der Waals surface area (Å²) in [5, 5.41) is 55.4. The molecule has 1 aromatic carbocycles. The summed E-state index contributed by atoms with van der Waals surface area (Å²) in [4.78, 5) is 11.7. The van der Waals surface area contributed by atoms with Crippen LogP contribution in [0.15, 0.2) is 24.3 Å². The maximum atomic E-state index is 11.7. The number of benzene rings is 1. The Morgan fingerprint density at radius 2 is 1.55 bits per heavy atom. The molecule has 0 saturated carbocycles. The molecule has 0 aromatic heterocycles. The van der Waals surface area contributed by atoms with Crippen LogP contribution in [0.3, 0.4) is 0 Å². The number of aliphatic hydroxyl groups excluding tert-OH is 5. The first-order chi connectivity index (χ1) is 9.36. The van der Waals surface area contributed by atoms with Crippen molar-refractivity contribution in [1.29, 1.82) is 0 Å². The van der Waals surface area contributed by atoms with E-state index in [0.717, 1.165) is 0 Å². The van der Waals surface area contributed by atoms with Crippen LogP contribution in [0.2, 0.25) is 0 Å². The van der Waals surface area contributed by atoms with Crippen LogP contribution in [0.5, 0.6) is 5.75 Å². The van der Waals surface area contributed by atoms with Crippen LogP contribution in [0, 0.1) is 0 Å². The molecule has 0 spiro atoms. The van der Waals surface area contributed by atoms with E-state index in [4.69, 9.17) is 15.3 Å². The van der Waals surface area contributed by atoms with Crippen molar-refractivity contribution < 1.29 is 35.4 Å². The topological polar surface area (TPSA) is 138 Å². The van der Waals surface area contributed by atoms with E-state index < -0.39 is 36.8 Å². The zero-order chi connectivity index (χ0) is 15.3. The normalized spacial score (nSPS) is 17.2. The Labute approximate surface area is 115 Å². The average molecular weight is 286 g/mol. The lowest BCUT2D eigenvalue weighted by Gasteiger charge is -2.24. The fourth-order valence-corrected chi connectivity index (χ4v) is 1.63. The number of aromatic hydroxyl groups is 1. The summed E-state index contributed by atoms with van der Waals surface area (Å²) >= 11 is 0. The molecule has 7 heteroatoms.